The second kappa shape index (κ2) is 4.59. The van der Waals surface area contributed by atoms with Gasteiger partial charge in [0.25, 0.3) is 0 Å². The largest absolute Gasteiger partial charge is 0.461 e. The molecule has 1 aromatic carbocycles. The maximum absolute atomic E-state index is 12.8. The molecule has 0 unspecified atom stereocenters. The van der Waals surface area contributed by atoms with Gasteiger partial charge < -0.3 is 4.74 Å². The van der Waals surface area contributed by atoms with E-state index >= 15 is 0 Å². The van der Waals surface area contributed by atoms with E-state index < -0.39 is 18.3 Å². The molecular formula is C12H10F4O2. The molecule has 6 heteroatoms. The lowest BCUT2D eigenvalue weighted by molar-refractivity contribution is -0.253. The van der Waals surface area contributed by atoms with E-state index in [-0.39, 0.29) is 17.3 Å². The minimum absolute atomic E-state index is 0.0691. The van der Waals surface area contributed by atoms with Gasteiger partial charge in [0.15, 0.2) is 5.78 Å². The zero-order valence-corrected chi connectivity index (χ0v) is 9.21. The van der Waals surface area contributed by atoms with Crippen LogP contribution in [0.3, 0.4) is 0 Å². The third-order valence-corrected chi connectivity index (χ3v) is 2.60. The molecule has 0 amide bonds. The van der Waals surface area contributed by atoms with E-state index in [4.69, 9.17) is 0 Å². The van der Waals surface area contributed by atoms with E-state index in [1.807, 2.05) is 0 Å². The Bertz CT molecular complexity index is 455. The average Bonchev–Trinajstić information content (AvgIpc) is 3.12. The highest BCUT2D eigenvalue weighted by molar-refractivity contribution is 6.01. The summed E-state index contributed by atoms with van der Waals surface area (Å²) >= 11 is 0. The van der Waals surface area contributed by atoms with Gasteiger partial charge in [-0.05, 0) is 25.0 Å². The molecule has 0 N–H and O–H groups in total. The smallest absolute Gasteiger partial charge is 0.428 e. The fourth-order valence-corrected chi connectivity index (χ4v) is 1.52. The summed E-state index contributed by atoms with van der Waals surface area (Å²) in [5, 5.41) is 0. The molecule has 18 heavy (non-hydrogen) atoms. The minimum atomic E-state index is -4.60. The Labute approximate surface area is 101 Å². The number of Topliss-reactive ketones (excluding diaryl/α,β-unsaturated/α-hetero) is 1. The van der Waals surface area contributed by atoms with Gasteiger partial charge in [0.1, 0.15) is 5.75 Å². The van der Waals surface area contributed by atoms with E-state index in [0.29, 0.717) is 12.8 Å². The Morgan fingerprint density at radius 3 is 2.44 bits per heavy atom. The van der Waals surface area contributed by atoms with Crippen molar-refractivity contribution in [3.05, 3.63) is 29.8 Å². The fourth-order valence-electron chi connectivity index (χ4n) is 1.52. The number of ether oxygens (including phenoxy) is 1. The van der Waals surface area contributed by atoms with Gasteiger partial charge in [0.2, 0.25) is 0 Å². The molecule has 0 bridgehead atoms. The SMILES string of the molecule is O=C(c1ccccc1OC(F)(F)C(F)F)C1CC1. The molecule has 0 saturated heterocycles. The summed E-state index contributed by atoms with van der Waals surface area (Å²) in [5.74, 6) is -1.04. The highest BCUT2D eigenvalue weighted by Gasteiger charge is 2.45. The Kier molecular flexibility index (Phi) is 3.28. The lowest BCUT2D eigenvalue weighted by atomic mass is 10.1. The number of carbonyl (C=O) groups excluding carboxylic acids is 1. The van der Waals surface area contributed by atoms with Crippen molar-refractivity contribution in [3.8, 4) is 5.75 Å². The summed E-state index contributed by atoms with van der Waals surface area (Å²) in [7, 11) is 0. The maximum atomic E-state index is 12.8. The lowest BCUT2D eigenvalue weighted by Crippen LogP contribution is -2.34. The molecule has 1 saturated carbocycles. The number of ketones is 1. The lowest BCUT2D eigenvalue weighted by Gasteiger charge is -2.18. The van der Waals surface area contributed by atoms with Gasteiger partial charge in [-0.25, -0.2) is 0 Å². The van der Waals surface area contributed by atoms with Gasteiger partial charge >= 0.3 is 12.5 Å². The number of benzene rings is 1. The van der Waals surface area contributed by atoms with Crippen molar-refractivity contribution < 1.29 is 27.1 Å². The van der Waals surface area contributed by atoms with Crippen LogP contribution in [0, 0.1) is 5.92 Å². The van der Waals surface area contributed by atoms with E-state index in [0.717, 1.165) is 6.07 Å². The molecule has 1 aromatic rings. The van der Waals surface area contributed by atoms with Crippen LogP contribution in [-0.4, -0.2) is 18.3 Å². The van der Waals surface area contributed by atoms with E-state index in [1.54, 1.807) is 0 Å². The minimum Gasteiger partial charge on any atom is -0.428 e. The highest BCUT2D eigenvalue weighted by atomic mass is 19.3. The maximum Gasteiger partial charge on any atom is 0.461 e. The fraction of sp³-hybridized carbons (Fsp3) is 0.417. The number of hydrogen-bond acceptors (Lipinski definition) is 2. The Balaban J connectivity index is 2.25. The molecule has 2 nitrogen and oxygen atoms in total. The number of rotatable bonds is 5. The number of para-hydroxylation sites is 1. The summed E-state index contributed by atoms with van der Waals surface area (Å²) in [6, 6.07) is 5.22. The van der Waals surface area contributed by atoms with Gasteiger partial charge in [0.05, 0.1) is 5.56 Å². The normalized spacial score (nSPS) is 15.8. The predicted octanol–water partition coefficient (Wildman–Crippen LogP) is 3.52. The number of alkyl halides is 4. The van der Waals surface area contributed by atoms with E-state index in [1.165, 1.54) is 18.2 Å². The molecule has 1 fully saturated rings. The molecule has 0 radical (unpaired) electrons. The molecular weight excluding hydrogens is 252 g/mol. The Hall–Kier alpha value is -1.59. The molecule has 0 spiro atoms. The summed E-state index contributed by atoms with van der Waals surface area (Å²) in [5.41, 5.74) is -0.0691. The van der Waals surface area contributed by atoms with Crippen LogP contribution in [-0.2, 0) is 0 Å². The summed E-state index contributed by atoms with van der Waals surface area (Å²) in [4.78, 5) is 11.8. The van der Waals surface area contributed by atoms with Crippen LogP contribution in [0.1, 0.15) is 23.2 Å². The van der Waals surface area contributed by atoms with Crippen molar-refractivity contribution in [2.24, 2.45) is 5.92 Å². The van der Waals surface area contributed by atoms with Crippen molar-refractivity contribution in [1.29, 1.82) is 0 Å². The van der Waals surface area contributed by atoms with Gasteiger partial charge in [-0.15, -0.1) is 0 Å². The molecule has 0 aromatic heterocycles. The van der Waals surface area contributed by atoms with Crippen molar-refractivity contribution >= 4 is 5.78 Å². The molecule has 0 atom stereocenters. The second-order valence-electron chi connectivity index (χ2n) is 4.10. The second-order valence-corrected chi connectivity index (χ2v) is 4.10. The van der Waals surface area contributed by atoms with Crippen molar-refractivity contribution in [1.82, 2.24) is 0 Å². The van der Waals surface area contributed by atoms with Gasteiger partial charge in [-0.2, -0.15) is 17.6 Å². The van der Waals surface area contributed by atoms with E-state index in [9.17, 15) is 22.4 Å². The van der Waals surface area contributed by atoms with Gasteiger partial charge in [-0.1, -0.05) is 12.1 Å². The average molecular weight is 262 g/mol. The molecule has 2 rings (SSSR count). The first kappa shape index (κ1) is 12.9. The molecule has 1 aliphatic rings. The Morgan fingerprint density at radius 2 is 1.89 bits per heavy atom. The van der Waals surface area contributed by atoms with Crippen LogP contribution in [0.25, 0.3) is 0 Å². The molecule has 0 aliphatic heterocycles. The van der Waals surface area contributed by atoms with Crippen molar-refractivity contribution in [2.45, 2.75) is 25.4 Å². The zero-order valence-electron chi connectivity index (χ0n) is 9.21. The standard InChI is InChI=1S/C12H10F4O2/c13-11(14)12(15,16)18-9-4-2-1-3-8(9)10(17)7-5-6-7/h1-4,7,11H,5-6H2. The monoisotopic (exact) mass is 262 g/mol. The zero-order chi connectivity index (χ0) is 13.3. The van der Waals surface area contributed by atoms with E-state index in [2.05, 4.69) is 4.74 Å². The number of hydrogen-bond donors (Lipinski definition) is 0. The first-order valence-electron chi connectivity index (χ1n) is 5.40. The third kappa shape index (κ3) is 2.63. The van der Waals surface area contributed by atoms with Crippen LogP contribution >= 0.6 is 0 Å². The van der Waals surface area contributed by atoms with Gasteiger partial charge in [0, 0.05) is 5.92 Å². The molecule has 98 valence electrons. The molecule has 1 aliphatic carbocycles. The van der Waals surface area contributed by atoms with Crippen LogP contribution in [0.2, 0.25) is 0 Å². The van der Waals surface area contributed by atoms with Crippen LogP contribution in [0.5, 0.6) is 5.75 Å². The Morgan fingerprint density at radius 1 is 1.28 bits per heavy atom. The number of halogens is 4. The van der Waals surface area contributed by atoms with Crippen molar-refractivity contribution in [3.63, 3.8) is 0 Å². The topological polar surface area (TPSA) is 26.3 Å². The first-order chi connectivity index (χ1) is 8.42. The summed E-state index contributed by atoms with van der Waals surface area (Å²) in [6.45, 7) is 0. The third-order valence-electron chi connectivity index (χ3n) is 2.60. The number of carbonyl (C=O) groups is 1. The summed E-state index contributed by atoms with van der Waals surface area (Å²) in [6.07, 6.45) is -7.15. The van der Waals surface area contributed by atoms with Crippen LogP contribution in [0.15, 0.2) is 24.3 Å². The van der Waals surface area contributed by atoms with Crippen LogP contribution in [0.4, 0.5) is 17.6 Å². The van der Waals surface area contributed by atoms with Crippen LogP contribution < -0.4 is 4.74 Å². The highest BCUT2D eigenvalue weighted by Crippen LogP contribution is 2.37. The van der Waals surface area contributed by atoms with Gasteiger partial charge in [-0.3, -0.25) is 4.79 Å². The first-order valence-corrected chi connectivity index (χ1v) is 5.40. The van der Waals surface area contributed by atoms with Crippen molar-refractivity contribution in [2.75, 3.05) is 0 Å². The predicted molar refractivity (Wildman–Crippen MR) is 55.1 cm³/mol. The summed E-state index contributed by atoms with van der Waals surface area (Å²) < 4.78 is 53.7. The quantitative estimate of drug-likeness (QED) is 0.599. The molecule has 0 heterocycles.